The molecule has 0 amide bonds. The summed E-state index contributed by atoms with van der Waals surface area (Å²) in [5.41, 5.74) is 3.80. The van der Waals surface area contributed by atoms with Gasteiger partial charge in [0.1, 0.15) is 6.10 Å². The molecule has 0 saturated heterocycles. The van der Waals surface area contributed by atoms with Gasteiger partial charge in [0.15, 0.2) is 0 Å². The molecule has 1 aromatic heterocycles. The Balaban J connectivity index is 2.09. The minimum atomic E-state index is -0.743. The van der Waals surface area contributed by atoms with Crippen LogP contribution in [-0.4, -0.2) is 15.1 Å². The lowest BCUT2D eigenvalue weighted by Gasteiger charge is -2.14. The quantitative estimate of drug-likeness (QED) is 0.675. The maximum Gasteiger partial charge on any atom is 0.323 e. The van der Waals surface area contributed by atoms with E-state index in [9.17, 15) is 9.90 Å². The molecule has 2 aromatic carbocycles. The second-order valence-electron chi connectivity index (χ2n) is 4.81. The summed E-state index contributed by atoms with van der Waals surface area (Å²) in [6.07, 6.45) is -0.743. The molecule has 1 heterocycles. The Labute approximate surface area is 123 Å². The van der Waals surface area contributed by atoms with Gasteiger partial charge in [0, 0.05) is 4.47 Å². The van der Waals surface area contributed by atoms with Crippen LogP contribution in [0.4, 0.5) is 0 Å². The summed E-state index contributed by atoms with van der Waals surface area (Å²) >= 11 is 3.46. The Bertz CT molecular complexity index is 835. The van der Waals surface area contributed by atoms with Crippen LogP contribution >= 0.6 is 15.9 Å². The van der Waals surface area contributed by atoms with Gasteiger partial charge in [-0.1, -0.05) is 39.7 Å². The first-order valence-corrected chi connectivity index (χ1v) is 7.00. The van der Waals surface area contributed by atoms with E-state index in [2.05, 4.69) is 25.9 Å². The summed E-state index contributed by atoms with van der Waals surface area (Å²) in [5.74, 6) is 0. The summed E-state index contributed by atoms with van der Waals surface area (Å²) in [7, 11) is 0. The lowest BCUT2D eigenvalue weighted by atomic mass is 10.00. The number of imidazole rings is 1. The van der Waals surface area contributed by atoms with Crippen molar-refractivity contribution in [3.63, 3.8) is 0 Å². The molecule has 3 aromatic rings. The number of H-pyrrole nitrogens is 2. The summed E-state index contributed by atoms with van der Waals surface area (Å²) in [5, 5.41) is 10.5. The Morgan fingerprint density at radius 2 is 1.85 bits per heavy atom. The minimum absolute atomic E-state index is 0.247. The molecule has 0 bridgehead atoms. The van der Waals surface area contributed by atoms with E-state index in [0.29, 0.717) is 5.52 Å². The first-order valence-electron chi connectivity index (χ1n) is 6.20. The summed E-state index contributed by atoms with van der Waals surface area (Å²) in [6.45, 7) is 1.98. The van der Waals surface area contributed by atoms with Crippen LogP contribution in [0, 0.1) is 6.92 Å². The van der Waals surface area contributed by atoms with Gasteiger partial charge in [-0.2, -0.15) is 0 Å². The zero-order chi connectivity index (χ0) is 14.3. The van der Waals surface area contributed by atoms with Gasteiger partial charge in [0.25, 0.3) is 0 Å². The van der Waals surface area contributed by atoms with E-state index in [1.807, 2.05) is 31.2 Å². The Morgan fingerprint density at radius 3 is 2.65 bits per heavy atom. The number of aliphatic hydroxyl groups excluding tert-OH is 1. The molecule has 0 fully saturated rings. The van der Waals surface area contributed by atoms with Crippen LogP contribution in [-0.2, 0) is 0 Å². The first-order chi connectivity index (χ1) is 9.54. The van der Waals surface area contributed by atoms with Crippen molar-refractivity contribution in [3.8, 4) is 0 Å². The number of hydrogen-bond acceptors (Lipinski definition) is 2. The van der Waals surface area contributed by atoms with E-state index in [0.717, 1.165) is 26.7 Å². The molecule has 20 heavy (non-hydrogen) atoms. The number of nitrogens with one attached hydrogen (secondary N) is 2. The molecule has 3 N–H and O–H groups in total. The lowest BCUT2D eigenvalue weighted by molar-refractivity contribution is 0.219. The van der Waals surface area contributed by atoms with E-state index in [1.54, 1.807) is 12.1 Å². The first kappa shape index (κ1) is 13.1. The van der Waals surface area contributed by atoms with E-state index >= 15 is 0 Å². The van der Waals surface area contributed by atoms with Crippen LogP contribution in [0.25, 0.3) is 11.0 Å². The number of aromatic nitrogens is 2. The molecule has 0 aliphatic heterocycles. The molecule has 0 saturated carbocycles. The molecule has 3 rings (SSSR count). The van der Waals surface area contributed by atoms with Crippen molar-refractivity contribution in [2.24, 2.45) is 0 Å². The number of halogens is 1. The van der Waals surface area contributed by atoms with E-state index in [1.165, 1.54) is 0 Å². The highest BCUT2D eigenvalue weighted by atomic mass is 79.9. The van der Waals surface area contributed by atoms with E-state index < -0.39 is 6.10 Å². The Hall–Kier alpha value is -1.85. The topological polar surface area (TPSA) is 68.9 Å². The van der Waals surface area contributed by atoms with Gasteiger partial charge in [-0.05, 0) is 36.2 Å². The maximum absolute atomic E-state index is 11.3. The van der Waals surface area contributed by atoms with E-state index in [-0.39, 0.29) is 5.69 Å². The van der Waals surface area contributed by atoms with Crippen molar-refractivity contribution in [1.82, 2.24) is 9.97 Å². The minimum Gasteiger partial charge on any atom is -0.384 e. The predicted molar refractivity (Wildman–Crippen MR) is 81.9 cm³/mol. The largest absolute Gasteiger partial charge is 0.384 e. The van der Waals surface area contributed by atoms with E-state index in [4.69, 9.17) is 0 Å². The normalized spacial score (nSPS) is 12.8. The molecule has 0 aliphatic carbocycles. The van der Waals surface area contributed by atoms with Crippen LogP contribution in [0.3, 0.4) is 0 Å². The molecule has 0 aliphatic rings. The zero-order valence-electron chi connectivity index (χ0n) is 10.8. The summed E-state index contributed by atoms with van der Waals surface area (Å²) in [6, 6.07) is 11.2. The number of hydrogen-bond donors (Lipinski definition) is 3. The third-order valence-electron chi connectivity index (χ3n) is 3.30. The van der Waals surface area contributed by atoms with Gasteiger partial charge in [0.2, 0.25) is 0 Å². The summed E-state index contributed by atoms with van der Waals surface area (Å²) < 4.78 is 0.859. The second-order valence-corrected chi connectivity index (χ2v) is 5.67. The highest BCUT2D eigenvalue weighted by Gasteiger charge is 2.14. The molecule has 1 unspecified atom stereocenters. The predicted octanol–water partition coefficient (Wildman–Crippen LogP) is 3.01. The molecule has 102 valence electrons. The zero-order valence-corrected chi connectivity index (χ0v) is 12.4. The van der Waals surface area contributed by atoms with Gasteiger partial charge < -0.3 is 15.1 Å². The fourth-order valence-corrected chi connectivity index (χ4v) is 2.74. The van der Waals surface area contributed by atoms with Crippen LogP contribution < -0.4 is 5.69 Å². The number of fused-ring (bicyclic) bond motifs is 1. The third-order valence-corrected chi connectivity index (χ3v) is 4.02. The lowest BCUT2D eigenvalue weighted by Crippen LogP contribution is -2.01. The van der Waals surface area contributed by atoms with Gasteiger partial charge >= 0.3 is 5.69 Å². The van der Waals surface area contributed by atoms with Crippen molar-refractivity contribution >= 4 is 27.0 Å². The molecule has 0 radical (unpaired) electrons. The number of aliphatic hydroxyl groups is 1. The van der Waals surface area contributed by atoms with Crippen LogP contribution in [0.1, 0.15) is 22.8 Å². The third kappa shape index (κ3) is 2.30. The van der Waals surface area contributed by atoms with Crippen molar-refractivity contribution in [2.75, 3.05) is 0 Å². The van der Waals surface area contributed by atoms with Crippen molar-refractivity contribution in [2.45, 2.75) is 13.0 Å². The molecule has 4 nitrogen and oxygen atoms in total. The van der Waals surface area contributed by atoms with Crippen LogP contribution in [0.15, 0.2) is 45.7 Å². The van der Waals surface area contributed by atoms with Crippen molar-refractivity contribution in [3.05, 3.63) is 68.0 Å². The number of aromatic amines is 2. The van der Waals surface area contributed by atoms with Crippen LogP contribution in [0.5, 0.6) is 0 Å². The fourth-order valence-electron chi connectivity index (χ4n) is 2.27. The van der Waals surface area contributed by atoms with Gasteiger partial charge in [0.05, 0.1) is 11.0 Å². The standard InChI is InChI=1S/C15H13BrN2O2/c1-8-2-4-11(16)10(6-8)14(19)9-3-5-12-13(7-9)18-15(20)17-12/h2-7,14,19H,1H3,(H2,17,18,20). The number of rotatable bonds is 2. The second kappa shape index (κ2) is 4.92. The fraction of sp³-hybridized carbons (Fsp3) is 0.133. The molecule has 0 spiro atoms. The Morgan fingerprint density at radius 1 is 1.10 bits per heavy atom. The number of benzene rings is 2. The van der Waals surface area contributed by atoms with Crippen molar-refractivity contribution in [1.29, 1.82) is 0 Å². The average Bonchev–Trinajstić information content (AvgIpc) is 2.79. The monoisotopic (exact) mass is 332 g/mol. The van der Waals surface area contributed by atoms with Gasteiger partial charge in [-0.3, -0.25) is 0 Å². The highest BCUT2D eigenvalue weighted by Crippen LogP contribution is 2.30. The highest BCUT2D eigenvalue weighted by molar-refractivity contribution is 9.10. The summed E-state index contributed by atoms with van der Waals surface area (Å²) in [4.78, 5) is 16.6. The van der Waals surface area contributed by atoms with Gasteiger partial charge in [-0.25, -0.2) is 4.79 Å². The molecule has 1 atom stereocenters. The number of aryl methyl sites for hydroxylation is 1. The molecular formula is C15H13BrN2O2. The van der Waals surface area contributed by atoms with Crippen LogP contribution in [0.2, 0.25) is 0 Å². The molecular weight excluding hydrogens is 320 g/mol. The smallest absolute Gasteiger partial charge is 0.323 e. The van der Waals surface area contributed by atoms with Crippen molar-refractivity contribution < 1.29 is 5.11 Å². The van der Waals surface area contributed by atoms with Gasteiger partial charge in [-0.15, -0.1) is 0 Å². The Kier molecular flexibility index (Phi) is 3.23. The average molecular weight is 333 g/mol. The molecule has 5 heteroatoms. The maximum atomic E-state index is 11.3. The SMILES string of the molecule is Cc1ccc(Br)c(C(O)c2ccc3[nH]c(=O)[nH]c3c2)c1.